The van der Waals surface area contributed by atoms with E-state index in [1.54, 1.807) is 13.2 Å². The first-order valence-corrected chi connectivity index (χ1v) is 6.41. The molecule has 1 aliphatic heterocycles. The number of nitrogen functional groups attached to an aromatic ring is 1. The highest BCUT2D eigenvalue weighted by molar-refractivity contribution is 6.31. The maximum absolute atomic E-state index is 7.62. The van der Waals surface area contributed by atoms with E-state index in [2.05, 4.69) is 4.90 Å². The summed E-state index contributed by atoms with van der Waals surface area (Å²) < 4.78 is 5.36. The van der Waals surface area contributed by atoms with Gasteiger partial charge in [-0.25, -0.2) is 0 Å². The summed E-state index contributed by atoms with van der Waals surface area (Å²) in [5.74, 6) is 0.0792. The normalized spacial score (nSPS) is 16.9. The van der Waals surface area contributed by atoms with Gasteiger partial charge in [-0.15, -0.1) is 0 Å². The SMILES string of the molecule is COC1CCN(c2cc(Cl)ccc2C(=N)N)CC1. The smallest absolute Gasteiger partial charge is 0.124 e. The van der Waals surface area contributed by atoms with Gasteiger partial charge in [0.05, 0.1) is 6.10 Å². The van der Waals surface area contributed by atoms with Crippen LogP contribution in [0, 0.1) is 5.41 Å². The molecular weight excluding hydrogens is 250 g/mol. The summed E-state index contributed by atoms with van der Waals surface area (Å²) in [6.45, 7) is 1.80. The fourth-order valence-corrected chi connectivity index (χ4v) is 2.49. The lowest BCUT2D eigenvalue weighted by Gasteiger charge is -2.34. The summed E-state index contributed by atoms with van der Waals surface area (Å²) in [5, 5.41) is 8.29. The molecule has 2 rings (SSSR count). The maximum atomic E-state index is 7.62. The van der Waals surface area contributed by atoms with Crippen LogP contribution in [0.25, 0.3) is 0 Å². The molecule has 0 spiro atoms. The number of halogens is 1. The van der Waals surface area contributed by atoms with Gasteiger partial charge in [0.2, 0.25) is 0 Å². The Balaban J connectivity index is 2.22. The lowest BCUT2D eigenvalue weighted by molar-refractivity contribution is 0.0819. The summed E-state index contributed by atoms with van der Waals surface area (Å²) >= 11 is 6.03. The van der Waals surface area contributed by atoms with Crippen molar-refractivity contribution in [3.63, 3.8) is 0 Å². The molecule has 1 heterocycles. The minimum Gasteiger partial charge on any atom is -0.384 e. The molecule has 0 unspecified atom stereocenters. The molecule has 98 valence electrons. The van der Waals surface area contributed by atoms with Gasteiger partial charge in [0, 0.05) is 36.5 Å². The summed E-state index contributed by atoms with van der Waals surface area (Å²) in [6.07, 6.45) is 2.31. The Kier molecular flexibility index (Phi) is 4.09. The number of ether oxygens (including phenoxy) is 1. The minimum absolute atomic E-state index is 0.0792. The Morgan fingerprint density at radius 1 is 1.44 bits per heavy atom. The zero-order valence-corrected chi connectivity index (χ0v) is 11.2. The molecule has 5 heteroatoms. The Hall–Kier alpha value is -1.26. The molecule has 3 N–H and O–H groups in total. The van der Waals surface area contributed by atoms with Crippen molar-refractivity contribution in [2.45, 2.75) is 18.9 Å². The van der Waals surface area contributed by atoms with Crippen molar-refractivity contribution in [1.29, 1.82) is 5.41 Å². The van der Waals surface area contributed by atoms with Gasteiger partial charge >= 0.3 is 0 Å². The highest BCUT2D eigenvalue weighted by Crippen LogP contribution is 2.27. The van der Waals surface area contributed by atoms with Crippen LogP contribution >= 0.6 is 11.6 Å². The number of hydrogen-bond acceptors (Lipinski definition) is 3. The third-order valence-corrected chi connectivity index (χ3v) is 3.60. The van der Waals surface area contributed by atoms with E-state index in [1.165, 1.54) is 0 Å². The molecule has 1 fully saturated rings. The highest BCUT2D eigenvalue weighted by Gasteiger charge is 2.21. The molecule has 0 amide bonds. The Morgan fingerprint density at radius 3 is 2.67 bits per heavy atom. The van der Waals surface area contributed by atoms with Gasteiger partial charge < -0.3 is 15.4 Å². The predicted molar refractivity (Wildman–Crippen MR) is 74.7 cm³/mol. The lowest BCUT2D eigenvalue weighted by Crippen LogP contribution is -2.37. The molecule has 1 aromatic rings. The van der Waals surface area contributed by atoms with Crippen LogP contribution in [0.5, 0.6) is 0 Å². The van der Waals surface area contributed by atoms with Crippen LogP contribution in [-0.2, 0) is 4.74 Å². The average Bonchev–Trinajstić information content (AvgIpc) is 2.38. The van der Waals surface area contributed by atoms with Crippen molar-refractivity contribution in [1.82, 2.24) is 0 Å². The number of benzene rings is 1. The van der Waals surface area contributed by atoms with Crippen LogP contribution in [0.2, 0.25) is 5.02 Å². The fraction of sp³-hybridized carbons (Fsp3) is 0.462. The monoisotopic (exact) mass is 267 g/mol. The van der Waals surface area contributed by atoms with Crippen LogP contribution in [0.3, 0.4) is 0 Å². The van der Waals surface area contributed by atoms with E-state index in [0.29, 0.717) is 11.1 Å². The van der Waals surface area contributed by atoms with E-state index in [-0.39, 0.29) is 5.84 Å². The minimum atomic E-state index is 0.0792. The highest BCUT2D eigenvalue weighted by atomic mass is 35.5. The maximum Gasteiger partial charge on any atom is 0.124 e. The van der Waals surface area contributed by atoms with Crippen molar-refractivity contribution in [2.75, 3.05) is 25.1 Å². The average molecular weight is 268 g/mol. The molecule has 0 aliphatic carbocycles. The quantitative estimate of drug-likeness (QED) is 0.652. The molecule has 1 aromatic carbocycles. The second-order valence-corrected chi connectivity index (χ2v) is 4.93. The van der Waals surface area contributed by atoms with E-state index in [9.17, 15) is 0 Å². The largest absolute Gasteiger partial charge is 0.384 e. The first-order chi connectivity index (χ1) is 8.61. The van der Waals surface area contributed by atoms with Crippen LogP contribution in [0.4, 0.5) is 5.69 Å². The molecule has 4 nitrogen and oxygen atoms in total. The molecule has 18 heavy (non-hydrogen) atoms. The summed E-state index contributed by atoms with van der Waals surface area (Å²) in [7, 11) is 1.75. The number of anilines is 1. The second-order valence-electron chi connectivity index (χ2n) is 4.50. The predicted octanol–water partition coefficient (Wildman–Crippen LogP) is 2.24. The Bertz CT molecular complexity index is 442. The third-order valence-electron chi connectivity index (χ3n) is 3.37. The zero-order valence-electron chi connectivity index (χ0n) is 10.4. The number of nitrogens with two attached hydrogens (primary N) is 1. The van der Waals surface area contributed by atoms with Crippen LogP contribution in [0.15, 0.2) is 18.2 Å². The van der Waals surface area contributed by atoms with Crippen LogP contribution in [0.1, 0.15) is 18.4 Å². The number of rotatable bonds is 3. The van der Waals surface area contributed by atoms with Crippen molar-refractivity contribution in [3.8, 4) is 0 Å². The molecule has 0 atom stereocenters. The number of piperidine rings is 1. The molecule has 0 radical (unpaired) electrons. The van der Waals surface area contributed by atoms with E-state index in [0.717, 1.165) is 37.2 Å². The van der Waals surface area contributed by atoms with E-state index in [1.807, 2.05) is 12.1 Å². The molecule has 1 saturated heterocycles. The van der Waals surface area contributed by atoms with Crippen molar-refractivity contribution in [3.05, 3.63) is 28.8 Å². The lowest BCUT2D eigenvalue weighted by atomic mass is 10.0. The van der Waals surface area contributed by atoms with E-state index < -0.39 is 0 Å². The summed E-state index contributed by atoms with van der Waals surface area (Å²) in [4.78, 5) is 2.22. The molecule has 0 aromatic heterocycles. The van der Waals surface area contributed by atoms with Gasteiger partial charge in [-0.3, -0.25) is 5.41 Å². The number of methoxy groups -OCH3 is 1. The van der Waals surface area contributed by atoms with Gasteiger partial charge in [-0.2, -0.15) is 0 Å². The van der Waals surface area contributed by atoms with Crippen molar-refractivity contribution >= 4 is 23.1 Å². The van der Waals surface area contributed by atoms with Crippen molar-refractivity contribution < 1.29 is 4.74 Å². The first-order valence-electron chi connectivity index (χ1n) is 6.03. The fourth-order valence-electron chi connectivity index (χ4n) is 2.33. The third kappa shape index (κ3) is 2.76. The van der Waals surface area contributed by atoms with Gasteiger partial charge in [-0.05, 0) is 31.0 Å². The molecular formula is C13H18ClN3O. The van der Waals surface area contributed by atoms with Gasteiger partial charge in [0.25, 0.3) is 0 Å². The van der Waals surface area contributed by atoms with Crippen LogP contribution < -0.4 is 10.6 Å². The van der Waals surface area contributed by atoms with E-state index in [4.69, 9.17) is 27.5 Å². The second kappa shape index (κ2) is 5.59. The number of nitrogens with zero attached hydrogens (tertiary/aromatic N) is 1. The van der Waals surface area contributed by atoms with E-state index >= 15 is 0 Å². The Labute approximate surface area is 112 Å². The zero-order chi connectivity index (χ0) is 13.1. The molecule has 0 bridgehead atoms. The topological polar surface area (TPSA) is 62.3 Å². The number of nitrogens with one attached hydrogen (secondary N) is 1. The summed E-state index contributed by atoms with van der Waals surface area (Å²) in [5.41, 5.74) is 7.31. The van der Waals surface area contributed by atoms with Gasteiger partial charge in [0.15, 0.2) is 0 Å². The summed E-state index contributed by atoms with van der Waals surface area (Å²) in [6, 6.07) is 5.46. The van der Waals surface area contributed by atoms with Crippen molar-refractivity contribution in [2.24, 2.45) is 5.73 Å². The molecule has 0 saturated carbocycles. The van der Waals surface area contributed by atoms with Gasteiger partial charge in [-0.1, -0.05) is 11.6 Å². The first kappa shape index (κ1) is 13.2. The number of hydrogen-bond donors (Lipinski definition) is 2. The van der Waals surface area contributed by atoms with Crippen LogP contribution in [-0.4, -0.2) is 32.1 Å². The molecule has 1 aliphatic rings. The Morgan fingerprint density at radius 2 is 2.11 bits per heavy atom. The van der Waals surface area contributed by atoms with Gasteiger partial charge in [0.1, 0.15) is 5.84 Å². The number of amidine groups is 1. The standard InChI is InChI=1S/C13H18ClN3O/c1-18-10-4-6-17(7-5-10)12-8-9(14)2-3-11(12)13(15)16/h2-3,8,10H,4-7H2,1H3,(H3,15,16).